The summed E-state index contributed by atoms with van der Waals surface area (Å²) in [6, 6.07) is 28.1. The summed E-state index contributed by atoms with van der Waals surface area (Å²) in [5.41, 5.74) is 1.23. The van der Waals surface area contributed by atoms with Gasteiger partial charge >= 0.3 is 0 Å². The van der Waals surface area contributed by atoms with Gasteiger partial charge in [0, 0.05) is 24.5 Å². The highest BCUT2D eigenvalue weighted by Gasteiger charge is 2.35. The lowest BCUT2D eigenvalue weighted by Crippen LogP contribution is -2.53. The molecule has 0 aromatic heterocycles. The van der Waals surface area contributed by atoms with Crippen LogP contribution in [0.1, 0.15) is 30.9 Å². The fourth-order valence-corrected chi connectivity index (χ4v) is 6.30. The SMILES string of the molecule is CCCCNC(=O)[C@@H](Cc1ccccc1)N(Cc1ccc(Cl)cc1)C(=O)CN(c1ccccc1F)S(=O)(=O)c1ccccc1. The van der Waals surface area contributed by atoms with Gasteiger partial charge < -0.3 is 10.2 Å². The van der Waals surface area contributed by atoms with E-state index in [1.54, 1.807) is 42.5 Å². The maximum absolute atomic E-state index is 15.2. The predicted molar refractivity (Wildman–Crippen MR) is 171 cm³/mol. The molecule has 4 aromatic carbocycles. The summed E-state index contributed by atoms with van der Waals surface area (Å²) in [6.07, 6.45) is 1.81. The lowest BCUT2D eigenvalue weighted by molar-refractivity contribution is -0.140. The van der Waals surface area contributed by atoms with Crippen molar-refractivity contribution in [2.24, 2.45) is 0 Å². The summed E-state index contributed by atoms with van der Waals surface area (Å²) in [5.74, 6) is -1.84. The highest BCUT2D eigenvalue weighted by Crippen LogP contribution is 2.27. The molecule has 0 aliphatic carbocycles. The molecule has 44 heavy (non-hydrogen) atoms. The Morgan fingerprint density at radius 2 is 1.45 bits per heavy atom. The Labute approximate surface area is 263 Å². The smallest absolute Gasteiger partial charge is 0.264 e. The Kier molecular flexibility index (Phi) is 11.5. The number of sulfonamides is 1. The Morgan fingerprint density at radius 1 is 0.841 bits per heavy atom. The summed E-state index contributed by atoms with van der Waals surface area (Å²) in [7, 11) is -4.38. The van der Waals surface area contributed by atoms with Crippen LogP contribution in [-0.4, -0.2) is 44.3 Å². The molecule has 4 aromatic rings. The number of nitrogens with one attached hydrogen (secondary N) is 1. The van der Waals surface area contributed by atoms with Crippen LogP contribution in [0.2, 0.25) is 5.02 Å². The van der Waals surface area contributed by atoms with Crippen LogP contribution in [-0.2, 0) is 32.6 Å². The average molecular weight is 636 g/mol. The quantitative estimate of drug-likeness (QED) is 0.166. The van der Waals surface area contributed by atoms with E-state index in [-0.39, 0.29) is 29.5 Å². The molecule has 0 spiro atoms. The third kappa shape index (κ3) is 8.45. The van der Waals surface area contributed by atoms with E-state index in [1.165, 1.54) is 35.2 Å². The Bertz CT molecular complexity index is 1640. The molecule has 0 saturated carbocycles. The average Bonchev–Trinajstić information content (AvgIpc) is 3.03. The number of anilines is 1. The third-order valence-electron chi connectivity index (χ3n) is 7.10. The second kappa shape index (κ2) is 15.5. The van der Waals surface area contributed by atoms with Gasteiger partial charge in [-0.2, -0.15) is 0 Å². The molecule has 230 valence electrons. The van der Waals surface area contributed by atoms with Crippen molar-refractivity contribution in [3.05, 3.63) is 131 Å². The van der Waals surface area contributed by atoms with E-state index in [4.69, 9.17) is 11.6 Å². The number of hydrogen-bond donors (Lipinski definition) is 1. The minimum atomic E-state index is -4.38. The summed E-state index contributed by atoms with van der Waals surface area (Å²) < 4.78 is 43.7. The third-order valence-corrected chi connectivity index (χ3v) is 9.12. The maximum Gasteiger partial charge on any atom is 0.264 e. The molecule has 0 heterocycles. The second-order valence-electron chi connectivity index (χ2n) is 10.3. The molecule has 0 saturated heterocycles. The van der Waals surface area contributed by atoms with Crippen LogP contribution >= 0.6 is 11.6 Å². The molecule has 0 aliphatic rings. The summed E-state index contributed by atoms with van der Waals surface area (Å²) >= 11 is 6.11. The second-order valence-corrected chi connectivity index (χ2v) is 12.6. The van der Waals surface area contributed by atoms with Crippen molar-refractivity contribution in [1.82, 2.24) is 10.2 Å². The number of para-hydroxylation sites is 1. The molecule has 0 bridgehead atoms. The van der Waals surface area contributed by atoms with Gasteiger partial charge in [0.15, 0.2) is 0 Å². The van der Waals surface area contributed by atoms with Crippen LogP contribution < -0.4 is 9.62 Å². The van der Waals surface area contributed by atoms with E-state index >= 15 is 4.39 Å². The zero-order chi connectivity index (χ0) is 31.5. The molecular weight excluding hydrogens is 601 g/mol. The summed E-state index contributed by atoms with van der Waals surface area (Å²) in [4.78, 5) is 29.3. The van der Waals surface area contributed by atoms with Gasteiger partial charge in [0.1, 0.15) is 18.4 Å². The number of amides is 2. The van der Waals surface area contributed by atoms with Crippen LogP contribution in [0.5, 0.6) is 0 Å². The van der Waals surface area contributed by atoms with Gasteiger partial charge in [0.05, 0.1) is 10.6 Å². The molecule has 2 amide bonds. The first kappa shape index (κ1) is 32.7. The summed E-state index contributed by atoms with van der Waals surface area (Å²) in [5, 5.41) is 3.44. The lowest BCUT2D eigenvalue weighted by atomic mass is 10.0. The van der Waals surface area contributed by atoms with Crippen molar-refractivity contribution in [2.75, 3.05) is 17.4 Å². The van der Waals surface area contributed by atoms with Crippen molar-refractivity contribution in [2.45, 2.75) is 43.7 Å². The maximum atomic E-state index is 15.2. The fraction of sp³-hybridized carbons (Fsp3) is 0.235. The molecule has 0 radical (unpaired) electrons. The molecule has 4 rings (SSSR count). The monoisotopic (exact) mass is 635 g/mol. The van der Waals surface area contributed by atoms with Crippen molar-refractivity contribution in [3.8, 4) is 0 Å². The normalized spacial score (nSPS) is 11.9. The Morgan fingerprint density at radius 3 is 2.09 bits per heavy atom. The fourth-order valence-electron chi connectivity index (χ4n) is 4.73. The standard InChI is InChI=1S/C34H35ClFN3O4S/c1-2-3-22-37-34(41)32(23-26-12-6-4-7-13-26)38(24-27-18-20-28(35)21-19-27)33(40)25-39(31-17-11-10-16-30(31)36)44(42,43)29-14-8-5-9-15-29/h4-21,32H,2-3,22-25H2,1H3,(H,37,41)/t32-/m1/s1. The highest BCUT2D eigenvalue weighted by atomic mass is 35.5. The largest absolute Gasteiger partial charge is 0.354 e. The van der Waals surface area contributed by atoms with E-state index in [1.807, 2.05) is 37.3 Å². The number of benzene rings is 4. The van der Waals surface area contributed by atoms with Gasteiger partial charge in [0.25, 0.3) is 10.0 Å². The van der Waals surface area contributed by atoms with Crippen LogP contribution in [0.25, 0.3) is 0 Å². The van der Waals surface area contributed by atoms with Gasteiger partial charge in [-0.1, -0.05) is 97.7 Å². The van der Waals surface area contributed by atoms with Gasteiger partial charge in [-0.3, -0.25) is 13.9 Å². The highest BCUT2D eigenvalue weighted by molar-refractivity contribution is 7.92. The molecule has 7 nitrogen and oxygen atoms in total. The number of nitrogens with zero attached hydrogens (tertiary/aromatic N) is 2. The number of carbonyl (C=O) groups excluding carboxylic acids is 2. The summed E-state index contributed by atoms with van der Waals surface area (Å²) in [6.45, 7) is 1.69. The number of hydrogen-bond acceptors (Lipinski definition) is 4. The molecule has 0 fully saturated rings. The van der Waals surface area contributed by atoms with Gasteiger partial charge in [0.2, 0.25) is 11.8 Å². The van der Waals surface area contributed by atoms with Crippen LogP contribution in [0.3, 0.4) is 0 Å². The Balaban J connectivity index is 1.78. The zero-order valence-corrected chi connectivity index (χ0v) is 26.0. The lowest BCUT2D eigenvalue weighted by Gasteiger charge is -2.34. The molecular formula is C34H35ClFN3O4S. The van der Waals surface area contributed by atoms with E-state index in [0.29, 0.717) is 17.1 Å². The number of unbranched alkanes of at least 4 members (excludes halogenated alkanes) is 1. The molecule has 1 N–H and O–H groups in total. The molecule has 1 atom stereocenters. The van der Waals surface area contributed by atoms with E-state index in [2.05, 4.69) is 5.32 Å². The van der Waals surface area contributed by atoms with E-state index < -0.39 is 34.3 Å². The predicted octanol–water partition coefficient (Wildman–Crippen LogP) is 6.23. The number of carbonyl (C=O) groups is 2. The first-order valence-electron chi connectivity index (χ1n) is 14.4. The van der Waals surface area contributed by atoms with Crippen molar-refractivity contribution in [3.63, 3.8) is 0 Å². The van der Waals surface area contributed by atoms with Crippen LogP contribution in [0.4, 0.5) is 10.1 Å². The first-order valence-corrected chi connectivity index (χ1v) is 16.2. The van der Waals surface area contributed by atoms with Crippen LogP contribution in [0, 0.1) is 5.82 Å². The molecule has 0 unspecified atom stereocenters. The number of rotatable bonds is 14. The van der Waals surface area contributed by atoms with Crippen molar-refractivity contribution in [1.29, 1.82) is 0 Å². The van der Waals surface area contributed by atoms with Crippen LogP contribution in [0.15, 0.2) is 114 Å². The molecule has 0 aliphatic heterocycles. The Hall–Kier alpha value is -4.21. The van der Waals surface area contributed by atoms with Crippen molar-refractivity contribution < 1.29 is 22.4 Å². The minimum Gasteiger partial charge on any atom is -0.354 e. The molecule has 10 heteroatoms. The van der Waals surface area contributed by atoms with Gasteiger partial charge in [-0.15, -0.1) is 0 Å². The van der Waals surface area contributed by atoms with Gasteiger partial charge in [-0.25, -0.2) is 12.8 Å². The van der Waals surface area contributed by atoms with Gasteiger partial charge in [-0.05, 0) is 53.9 Å². The first-order chi connectivity index (χ1) is 21.2. The number of halogens is 2. The van der Waals surface area contributed by atoms with E-state index in [9.17, 15) is 18.0 Å². The minimum absolute atomic E-state index is 0.00873. The zero-order valence-electron chi connectivity index (χ0n) is 24.4. The topological polar surface area (TPSA) is 86.8 Å². The van der Waals surface area contributed by atoms with E-state index in [0.717, 1.165) is 28.8 Å². The van der Waals surface area contributed by atoms with Crippen molar-refractivity contribution >= 4 is 39.1 Å².